The summed E-state index contributed by atoms with van der Waals surface area (Å²) in [4.78, 5) is 40.8. The largest absolute Gasteiger partial charge is 0.381 e. The highest BCUT2D eigenvalue weighted by Crippen LogP contribution is 2.23. The SMILES string of the molecule is CC(NC(=O)c1c(N)nn2cccnc12)c1nc2cccc(C=Cc3cccnc3)c2c(=O)n1-c1ccccc1. The first-order valence-electron chi connectivity index (χ1n) is 12.6. The number of rotatable bonds is 6. The van der Waals surface area contributed by atoms with E-state index >= 15 is 0 Å². The van der Waals surface area contributed by atoms with E-state index in [2.05, 4.69) is 20.4 Å². The predicted octanol–water partition coefficient (Wildman–Crippen LogP) is 4.07. The molecular weight excluding hydrogens is 504 g/mol. The molecule has 4 heterocycles. The van der Waals surface area contributed by atoms with Crippen LogP contribution in [0.15, 0.2) is 96.3 Å². The van der Waals surface area contributed by atoms with Crippen LogP contribution in [0.2, 0.25) is 0 Å². The maximum atomic E-state index is 14.2. The van der Waals surface area contributed by atoms with Gasteiger partial charge in [-0.2, -0.15) is 0 Å². The second kappa shape index (κ2) is 10.3. The van der Waals surface area contributed by atoms with E-state index in [0.717, 1.165) is 11.1 Å². The predicted molar refractivity (Wildman–Crippen MR) is 154 cm³/mol. The molecule has 6 rings (SSSR count). The summed E-state index contributed by atoms with van der Waals surface area (Å²) in [6, 6.07) is 19.5. The van der Waals surface area contributed by atoms with Crippen molar-refractivity contribution >= 4 is 40.4 Å². The van der Waals surface area contributed by atoms with Crippen molar-refractivity contribution in [2.75, 3.05) is 5.73 Å². The fourth-order valence-electron chi connectivity index (χ4n) is 4.64. The lowest BCUT2D eigenvalue weighted by Crippen LogP contribution is -2.33. The number of hydrogen-bond donors (Lipinski definition) is 2. The smallest absolute Gasteiger partial charge is 0.266 e. The number of para-hydroxylation sites is 1. The lowest BCUT2D eigenvalue weighted by atomic mass is 10.1. The number of carbonyl (C=O) groups excluding carboxylic acids is 1. The van der Waals surface area contributed by atoms with Gasteiger partial charge in [0.05, 0.1) is 22.6 Å². The third kappa shape index (κ3) is 4.47. The summed E-state index contributed by atoms with van der Waals surface area (Å²) in [6.07, 6.45) is 10.5. The van der Waals surface area contributed by atoms with Crippen LogP contribution in [0.1, 0.15) is 40.3 Å². The zero-order chi connectivity index (χ0) is 27.6. The molecule has 1 amide bonds. The highest BCUT2D eigenvalue weighted by molar-refractivity contribution is 6.04. The second-order valence-corrected chi connectivity index (χ2v) is 9.15. The number of benzene rings is 2. The van der Waals surface area contributed by atoms with Crippen LogP contribution in [0.3, 0.4) is 0 Å². The average molecular weight is 529 g/mol. The zero-order valence-corrected chi connectivity index (χ0v) is 21.5. The van der Waals surface area contributed by atoms with Gasteiger partial charge in [0.15, 0.2) is 11.5 Å². The van der Waals surface area contributed by atoms with Gasteiger partial charge in [-0.1, -0.05) is 48.6 Å². The molecular formula is C30H24N8O2. The summed E-state index contributed by atoms with van der Waals surface area (Å²) in [6.45, 7) is 1.77. The number of pyridine rings is 1. The number of nitrogens with zero attached hydrogens (tertiary/aromatic N) is 6. The lowest BCUT2D eigenvalue weighted by molar-refractivity contribution is 0.0940. The van der Waals surface area contributed by atoms with Crippen molar-refractivity contribution in [2.45, 2.75) is 13.0 Å². The number of hydrogen-bond acceptors (Lipinski definition) is 7. The van der Waals surface area contributed by atoms with E-state index in [9.17, 15) is 9.59 Å². The molecule has 0 saturated heterocycles. The molecule has 4 aromatic heterocycles. The van der Waals surface area contributed by atoms with Crippen molar-refractivity contribution < 1.29 is 4.79 Å². The second-order valence-electron chi connectivity index (χ2n) is 9.15. The third-order valence-corrected chi connectivity index (χ3v) is 6.49. The molecule has 3 N–H and O–H groups in total. The summed E-state index contributed by atoms with van der Waals surface area (Å²) in [5, 5.41) is 7.58. The highest BCUT2D eigenvalue weighted by Gasteiger charge is 2.24. The normalized spacial score (nSPS) is 12.2. The Morgan fingerprint density at radius 2 is 1.85 bits per heavy atom. The molecule has 0 aliphatic carbocycles. The minimum Gasteiger partial charge on any atom is -0.381 e. The van der Waals surface area contributed by atoms with Gasteiger partial charge in [-0.15, -0.1) is 5.10 Å². The van der Waals surface area contributed by atoms with Crippen LogP contribution < -0.4 is 16.6 Å². The maximum absolute atomic E-state index is 14.2. The first-order chi connectivity index (χ1) is 19.5. The molecule has 0 radical (unpaired) electrons. The molecule has 1 unspecified atom stereocenters. The van der Waals surface area contributed by atoms with E-state index in [1.807, 2.05) is 66.7 Å². The van der Waals surface area contributed by atoms with E-state index in [1.165, 1.54) is 9.08 Å². The third-order valence-electron chi connectivity index (χ3n) is 6.49. The van der Waals surface area contributed by atoms with Crippen LogP contribution in [-0.4, -0.2) is 35.0 Å². The number of aromatic nitrogens is 6. The standard InChI is InChI=1S/C30H24N8O2/c1-19(34-29(39)25-26(31)36-37-17-7-16-33-28(25)37)27-35-23-12-5-9-21(14-13-20-8-6-15-32-18-20)24(23)30(40)38(27)22-10-3-2-4-11-22/h2-19H,1H3,(H2,31,36)(H,34,39). The summed E-state index contributed by atoms with van der Waals surface area (Å²) >= 11 is 0. The van der Waals surface area contributed by atoms with Crippen molar-refractivity contribution in [1.29, 1.82) is 0 Å². The minimum absolute atomic E-state index is 0.0559. The first kappa shape index (κ1) is 24.7. The van der Waals surface area contributed by atoms with Gasteiger partial charge in [-0.3, -0.25) is 19.1 Å². The summed E-state index contributed by atoms with van der Waals surface area (Å²) in [5.41, 5.74) is 9.07. The highest BCUT2D eigenvalue weighted by atomic mass is 16.2. The van der Waals surface area contributed by atoms with Gasteiger partial charge in [0, 0.05) is 24.8 Å². The molecule has 0 fully saturated rings. The number of amides is 1. The number of anilines is 1. The fraction of sp³-hybridized carbons (Fsp3) is 0.0667. The van der Waals surface area contributed by atoms with E-state index < -0.39 is 11.9 Å². The van der Waals surface area contributed by atoms with E-state index in [1.54, 1.807) is 43.8 Å². The minimum atomic E-state index is -0.669. The molecule has 0 aliphatic rings. The van der Waals surface area contributed by atoms with Gasteiger partial charge < -0.3 is 11.1 Å². The molecule has 40 heavy (non-hydrogen) atoms. The van der Waals surface area contributed by atoms with Crippen molar-refractivity contribution in [3.63, 3.8) is 0 Å². The topological polar surface area (TPSA) is 133 Å². The van der Waals surface area contributed by atoms with Crippen molar-refractivity contribution in [1.82, 2.24) is 34.4 Å². The Bertz CT molecular complexity index is 1950. The van der Waals surface area contributed by atoms with Crippen LogP contribution in [-0.2, 0) is 0 Å². The van der Waals surface area contributed by atoms with Crippen molar-refractivity contribution in [3.05, 3.63) is 124 Å². The molecule has 10 heteroatoms. The molecule has 1 atom stereocenters. The molecule has 0 saturated carbocycles. The van der Waals surface area contributed by atoms with Crippen LogP contribution >= 0.6 is 0 Å². The summed E-state index contributed by atoms with van der Waals surface area (Å²) < 4.78 is 2.98. The van der Waals surface area contributed by atoms with Crippen LogP contribution in [0.4, 0.5) is 5.82 Å². The quantitative estimate of drug-likeness (QED) is 0.333. The van der Waals surface area contributed by atoms with Crippen LogP contribution in [0.25, 0.3) is 34.4 Å². The van der Waals surface area contributed by atoms with Crippen LogP contribution in [0.5, 0.6) is 0 Å². The van der Waals surface area contributed by atoms with E-state index in [0.29, 0.717) is 28.1 Å². The summed E-state index contributed by atoms with van der Waals surface area (Å²) in [5.74, 6) is -0.0466. The number of carbonyl (C=O) groups is 1. The summed E-state index contributed by atoms with van der Waals surface area (Å²) in [7, 11) is 0. The number of nitrogens with two attached hydrogens (primary N) is 1. The van der Waals surface area contributed by atoms with Gasteiger partial charge in [-0.25, -0.2) is 14.5 Å². The van der Waals surface area contributed by atoms with Gasteiger partial charge >= 0.3 is 0 Å². The Balaban J connectivity index is 1.47. The van der Waals surface area contributed by atoms with Crippen LogP contribution in [0, 0.1) is 0 Å². The zero-order valence-electron chi connectivity index (χ0n) is 21.5. The molecule has 10 nitrogen and oxygen atoms in total. The fourth-order valence-corrected chi connectivity index (χ4v) is 4.64. The van der Waals surface area contributed by atoms with Gasteiger partial charge in [0.1, 0.15) is 11.4 Å². The van der Waals surface area contributed by atoms with Gasteiger partial charge in [0.2, 0.25) is 0 Å². The first-order valence-corrected chi connectivity index (χ1v) is 12.6. The Morgan fingerprint density at radius 1 is 1.00 bits per heavy atom. The lowest BCUT2D eigenvalue weighted by Gasteiger charge is -2.20. The molecule has 2 aromatic carbocycles. The van der Waals surface area contributed by atoms with E-state index in [4.69, 9.17) is 10.7 Å². The Morgan fingerprint density at radius 3 is 2.65 bits per heavy atom. The van der Waals surface area contributed by atoms with Gasteiger partial charge in [-0.05, 0) is 48.4 Å². The number of fused-ring (bicyclic) bond motifs is 2. The number of nitrogens with one attached hydrogen (secondary N) is 1. The average Bonchev–Trinajstić information content (AvgIpc) is 3.32. The molecule has 0 bridgehead atoms. The van der Waals surface area contributed by atoms with Gasteiger partial charge in [0.25, 0.3) is 11.5 Å². The van der Waals surface area contributed by atoms with Crippen molar-refractivity contribution in [2.24, 2.45) is 0 Å². The Hall–Kier alpha value is -5.64. The Kier molecular flexibility index (Phi) is 6.33. The molecule has 196 valence electrons. The van der Waals surface area contributed by atoms with E-state index in [-0.39, 0.29) is 16.9 Å². The monoisotopic (exact) mass is 528 g/mol. The number of nitrogen functional groups attached to an aromatic ring is 1. The van der Waals surface area contributed by atoms with Crippen molar-refractivity contribution in [3.8, 4) is 5.69 Å². The molecule has 6 aromatic rings. The Labute approximate surface area is 228 Å². The molecule has 0 aliphatic heterocycles. The molecule has 0 spiro atoms. The maximum Gasteiger partial charge on any atom is 0.266 e.